The molecule has 0 unspecified atom stereocenters. The summed E-state index contributed by atoms with van der Waals surface area (Å²) in [5.41, 5.74) is 3.17. The molecule has 0 saturated heterocycles. The summed E-state index contributed by atoms with van der Waals surface area (Å²) in [4.78, 5) is 32.1. The number of amides is 1. The van der Waals surface area contributed by atoms with Gasteiger partial charge in [0, 0.05) is 23.8 Å². The van der Waals surface area contributed by atoms with Gasteiger partial charge in [-0.2, -0.15) is 0 Å². The van der Waals surface area contributed by atoms with Crippen molar-refractivity contribution >= 4 is 23.4 Å². The summed E-state index contributed by atoms with van der Waals surface area (Å²) >= 11 is 1.29. The number of aromatic nitrogens is 4. The maximum atomic E-state index is 13.4. The van der Waals surface area contributed by atoms with E-state index in [2.05, 4.69) is 24.7 Å². The Balaban J connectivity index is 1.54. The smallest absolute Gasteiger partial charge is 0.406 e. The van der Waals surface area contributed by atoms with Crippen LogP contribution in [0.15, 0.2) is 83.4 Å². The molecule has 0 aliphatic carbocycles. The minimum Gasteiger partial charge on any atom is -0.406 e. The molecule has 3 heterocycles. The van der Waals surface area contributed by atoms with Crippen LogP contribution < -0.4 is 9.64 Å². The summed E-state index contributed by atoms with van der Waals surface area (Å²) in [5, 5.41) is 1.19. The van der Waals surface area contributed by atoms with Gasteiger partial charge < -0.3 is 9.64 Å². The number of halogens is 3. The number of carbonyl (C=O) groups is 1. The van der Waals surface area contributed by atoms with Crippen LogP contribution in [0, 0.1) is 13.8 Å². The zero-order valence-electron chi connectivity index (χ0n) is 19.2. The molecular formula is C25H20F3N5O2S. The molecule has 0 aliphatic rings. The number of carbonyl (C=O) groups excluding carboxylic acids is 1. The van der Waals surface area contributed by atoms with Crippen molar-refractivity contribution in [2.45, 2.75) is 36.9 Å². The molecule has 0 saturated carbocycles. The number of pyridine rings is 2. The second-order valence-electron chi connectivity index (χ2n) is 7.71. The van der Waals surface area contributed by atoms with Crippen molar-refractivity contribution in [1.29, 1.82) is 0 Å². The number of benzene rings is 1. The summed E-state index contributed by atoms with van der Waals surface area (Å²) in [6.07, 6.45) is -0.190. The normalized spacial score (nSPS) is 11.2. The van der Waals surface area contributed by atoms with Crippen molar-refractivity contribution in [2.75, 3.05) is 4.90 Å². The predicted molar refractivity (Wildman–Crippen MR) is 128 cm³/mol. The highest BCUT2D eigenvalue weighted by atomic mass is 32.2. The molecule has 4 aromatic rings. The van der Waals surface area contributed by atoms with Crippen LogP contribution in [0.4, 0.5) is 18.9 Å². The average Bonchev–Trinajstić information content (AvgIpc) is 2.83. The Labute approximate surface area is 209 Å². The molecule has 11 heteroatoms. The van der Waals surface area contributed by atoms with E-state index in [0.29, 0.717) is 27.0 Å². The molecule has 0 bridgehead atoms. The van der Waals surface area contributed by atoms with Gasteiger partial charge in [-0.3, -0.25) is 9.78 Å². The van der Waals surface area contributed by atoms with Gasteiger partial charge in [0.25, 0.3) is 5.91 Å². The summed E-state index contributed by atoms with van der Waals surface area (Å²) in [6.45, 7) is 3.87. The van der Waals surface area contributed by atoms with E-state index in [9.17, 15) is 18.0 Å². The van der Waals surface area contributed by atoms with Crippen molar-refractivity contribution in [2.24, 2.45) is 0 Å². The molecule has 4 rings (SSSR count). The number of ether oxygens (including phenoxy) is 1. The Morgan fingerprint density at radius 3 is 2.31 bits per heavy atom. The molecule has 0 atom stereocenters. The second kappa shape index (κ2) is 10.7. The van der Waals surface area contributed by atoms with Gasteiger partial charge in [-0.05, 0) is 73.6 Å². The van der Waals surface area contributed by atoms with Gasteiger partial charge in [0.05, 0.1) is 24.0 Å². The Morgan fingerprint density at radius 1 is 1.00 bits per heavy atom. The summed E-state index contributed by atoms with van der Waals surface area (Å²) in [5.74, 6) is -0.680. The maximum absolute atomic E-state index is 13.4. The molecule has 3 aromatic heterocycles. The zero-order valence-corrected chi connectivity index (χ0v) is 20.0. The fraction of sp³-hybridized carbons (Fsp3) is 0.160. The summed E-state index contributed by atoms with van der Waals surface area (Å²) < 4.78 is 41.3. The topological polar surface area (TPSA) is 81.1 Å². The van der Waals surface area contributed by atoms with Crippen molar-refractivity contribution in [3.05, 3.63) is 95.7 Å². The first-order valence-corrected chi connectivity index (χ1v) is 11.5. The lowest BCUT2D eigenvalue weighted by Gasteiger charge is -2.23. The van der Waals surface area contributed by atoms with Gasteiger partial charge in [-0.1, -0.05) is 12.1 Å². The number of aryl methyl sites for hydroxylation is 2. The van der Waals surface area contributed by atoms with Crippen LogP contribution in [0.25, 0.3) is 0 Å². The van der Waals surface area contributed by atoms with E-state index in [1.165, 1.54) is 53.3 Å². The van der Waals surface area contributed by atoms with E-state index in [1.807, 2.05) is 19.9 Å². The monoisotopic (exact) mass is 511 g/mol. The van der Waals surface area contributed by atoms with Gasteiger partial charge >= 0.3 is 6.36 Å². The highest BCUT2D eigenvalue weighted by molar-refractivity contribution is 7.99. The Kier molecular flexibility index (Phi) is 7.49. The number of nitrogens with zero attached hydrogens (tertiary/aromatic N) is 5. The Bertz CT molecular complexity index is 1310. The maximum Gasteiger partial charge on any atom is 0.573 e. The number of hydrogen-bond acceptors (Lipinski definition) is 7. The summed E-state index contributed by atoms with van der Waals surface area (Å²) in [7, 11) is 0. The highest BCUT2D eigenvalue weighted by Crippen LogP contribution is 2.26. The third-order valence-electron chi connectivity index (χ3n) is 4.84. The molecule has 184 valence electrons. The van der Waals surface area contributed by atoms with Gasteiger partial charge in [0.2, 0.25) is 0 Å². The first kappa shape index (κ1) is 25.1. The standard InChI is InChI=1S/C25H20F3N5O2S/c1-16-12-17(2)32-24(31-16)36-22-10-7-19(13-30-22)23(34)33(20-4-3-11-29-14-20)15-18-5-8-21(9-6-18)35-25(26,27)28/h3-14H,15H2,1-2H3. The molecule has 1 amide bonds. The third kappa shape index (κ3) is 6.79. The zero-order chi connectivity index (χ0) is 25.7. The number of rotatable bonds is 7. The molecule has 0 fully saturated rings. The van der Waals surface area contributed by atoms with Gasteiger partial charge in [0.15, 0.2) is 5.16 Å². The Hall–Kier alpha value is -3.99. The van der Waals surface area contributed by atoms with E-state index >= 15 is 0 Å². The van der Waals surface area contributed by atoms with Crippen molar-refractivity contribution in [3.63, 3.8) is 0 Å². The minimum atomic E-state index is -4.78. The fourth-order valence-corrected chi connectivity index (χ4v) is 4.14. The molecule has 0 N–H and O–H groups in total. The number of alkyl halides is 3. The second-order valence-corrected chi connectivity index (χ2v) is 8.70. The molecule has 0 radical (unpaired) electrons. The van der Waals surface area contributed by atoms with E-state index in [1.54, 1.807) is 30.5 Å². The molecule has 7 nitrogen and oxygen atoms in total. The average molecular weight is 512 g/mol. The lowest BCUT2D eigenvalue weighted by atomic mass is 10.1. The van der Waals surface area contributed by atoms with E-state index in [0.717, 1.165) is 11.4 Å². The van der Waals surface area contributed by atoms with Crippen LogP contribution in [0.1, 0.15) is 27.3 Å². The molecule has 0 spiro atoms. The van der Waals surface area contributed by atoms with Gasteiger partial charge in [-0.15, -0.1) is 13.2 Å². The van der Waals surface area contributed by atoms with Crippen LogP contribution in [0.2, 0.25) is 0 Å². The first-order valence-electron chi connectivity index (χ1n) is 10.7. The fourth-order valence-electron chi connectivity index (χ4n) is 3.33. The van der Waals surface area contributed by atoms with Crippen molar-refractivity contribution in [1.82, 2.24) is 19.9 Å². The van der Waals surface area contributed by atoms with Crippen molar-refractivity contribution in [3.8, 4) is 5.75 Å². The predicted octanol–water partition coefficient (Wildman–Crippen LogP) is 5.78. The molecule has 0 aliphatic heterocycles. The van der Waals surface area contributed by atoms with Crippen LogP contribution in [-0.2, 0) is 6.54 Å². The molecule has 1 aromatic carbocycles. The SMILES string of the molecule is Cc1cc(C)nc(Sc2ccc(C(=O)N(Cc3ccc(OC(F)(F)F)cc3)c3cccnc3)cn2)n1. The first-order chi connectivity index (χ1) is 17.2. The largest absolute Gasteiger partial charge is 0.573 e. The summed E-state index contributed by atoms with van der Waals surface area (Å²) in [6, 6.07) is 14.0. The van der Waals surface area contributed by atoms with E-state index in [4.69, 9.17) is 0 Å². The van der Waals surface area contributed by atoms with E-state index in [-0.39, 0.29) is 18.2 Å². The highest BCUT2D eigenvalue weighted by Gasteiger charge is 2.31. The van der Waals surface area contributed by atoms with Gasteiger partial charge in [0.1, 0.15) is 10.8 Å². The lowest BCUT2D eigenvalue weighted by Crippen LogP contribution is -2.30. The molecule has 36 heavy (non-hydrogen) atoms. The van der Waals surface area contributed by atoms with Crippen LogP contribution in [0.5, 0.6) is 5.75 Å². The Morgan fingerprint density at radius 2 is 1.72 bits per heavy atom. The van der Waals surface area contributed by atoms with Crippen LogP contribution in [-0.4, -0.2) is 32.2 Å². The van der Waals surface area contributed by atoms with Crippen molar-refractivity contribution < 1.29 is 22.7 Å². The van der Waals surface area contributed by atoms with Crippen LogP contribution in [0.3, 0.4) is 0 Å². The quantitative estimate of drug-likeness (QED) is 0.291. The van der Waals surface area contributed by atoms with E-state index < -0.39 is 6.36 Å². The van der Waals surface area contributed by atoms with Crippen LogP contribution >= 0.6 is 11.8 Å². The third-order valence-corrected chi connectivity index (χ3v) is 5.66. The van der Waals surface area contributed by atoms with Gasteiger partial charge in [-0.25, -0.2) is 15.0 Å². The number of anilines is 1. The minimum absolute atomic E-state index is 0.101. The molecular weight excluding hydrogens is 491 g/mol. The number of hydrogen-bond donors (Lipinski definition) is 0. The lowest BCUT2D eigenvalue weighted by molar-refractivity contribution is -0.274.